The topological polar surface area (TPSA) is 191 Å². The lowest BCUT2D eigenvalue weighted by Gasteiger charge is -2.09. The second-order valence-corrected chi connectivity index (χ2v) is 12.4. The van der Waals surface area contributed by atoms with Gasteiger partial charge in [-0.25, -0.2) is 0 Å². The van der Waals surface area contributed by atoms with Crippen LogP contribution in [0.1, 0.15) is 71.1 Å². The Kier molecular flexibility index (Phi) is 36.4. The third kappa shape index (κ3) is 33.3. The van der Waals surface area contributed by atoms with Crippen molar-refractivity contribution in [1.29, 1.82) is 0 Å². The molecule has 0 aliphatic rings. The zero-order chi connectivity index (χ0) is 39.7. The molecular weight excluding hydrogens is 722 g/mol. The van der Waals surface area contributed by atoms with Crippen molar-refractivity contribution >= 4 is 17.1 Å². The van der Waals surface area contributed by atoms with Gasteiger partial charge in [-0.3, -0.25) is 20.2 Å². The van der Waals surface area contributed by atoms with Crippen molar-refractivity contribution in [2.75, 3.05) is 144 Å². The van der Waals surface area contributed by atoms with Gasteiger partial charge in [0.25, 0.3) is 11.4 Å². The quantitative estimate of drug-likeness (QED) is 0.0460. The average Bonchev–Trinajstić information content (AvgIpc) is 3.18. The minimum Gasteiger partial charge on any atom is -0.379 e. The highest BCUT2D eigenvalue weighted by Crippen LogP contribution is 2.28. The van der Waals surface area contributed by atoms with Crippen LogP contribution >= 0.6 is 0 Å². The summed E-state index contributed by atoms with van der Waals surface area (Å²) in [6, 6.07) is 3.44. The number of ether oxygens (including phenoxy) is 10. The van der Waals surface area contributed by atoms with E-state index in [4.69, 9.17) is 47.4 Å². The second kappa shape index (κ2) is 39.6. The number of nitro groups is 2. The van der Waals surface area contributed by atoms with E-state index in [0.717, 1.165) is 19.1 Å². The second-order valence-electron chi connectivity index (χ2n) is 12.4. The summed E-state index contributed by atoms with van der Waals surface area (Å²) in [7, 11) is 0. The Morgan fingerprint density at radius 3 is 1.11 bits per heavy atom. The van der Waals surface area contributed by atoms with Crippen LogP contribution in [0.4, 0.5) is 17.1 Å². The number of benzene rings is 1. The maximum Gasteiger partial charge on any atom is 0.299 e. The number of unbranched alkanes of at least 4 members (excludes halogenated alkanes) is 9. The van der Waals surface area contributed by atoms with Crippen molar-refractivity contribution in [2.24, 2.45) is 0 Å². The third-order valence-electron chi connectivity index (χ3n) is 7.94. The van der Waals surface area contributed by atoms with Gasteiger partial charge in [0.05, 0.1) is 141 Å². The number of anilines is 1. The standard InChI is InChI=1S/C38H69N3O14/c1-2-3-4-5-6-7-8-9-10-11-15-46-17-19-48-21-23-50-25-27-52-29-31-54-33-34-55-32-30-53-28-26-51-24-22-49-20-18-47-16-14-39-37-13-12-36(40(42)43)35-38(37)41(44)45/h12-13,35,39H,2-11,14-34H2,1H3. The first kappa shape index (κ1) is 50.4. The van der Waals surface area contributed by atoms with Gasteiger partial charge in [0.2, 0.25) is 0 Å². The molecule has 0 spiro atoms. The number of rotatable bonds is 44. The van der Waals surface area contributed by atoms with E-state index in [0.29, 0.717) is 125 Å². The molecule has 0 aliphatic heterocycles. The smallest absolute Gasteiger partial charge is 0.299 e. The first-order chi connectivity index (χ1) is 27.1. The molecule has 0 atom stereocenters. The monoisotopic (exact) mass is 791 g/mol. The van der Waals surface area contributed by atoms with Crippen molar-refractivity contribution in [3.8, 4) is 0 Å². The Hall–Kier alpha value is -2.58. The summed E-state index contributed by atoms with van der Waals surface area (Å²) in [5.41, 5.74) is -0.518. The predicted molar refractivity (Wildman–Crippen MR) is 208 cm³/mol. The molecule has 1 aromatic carbocycles. The number of hydrogen-bond acceptors (Lipinski definition) is 15. The molecule has 17 nitrogen and oxygen atoms in total. The molecule has 17 heteroatoms. The molecular formula is C38H69N3O14. The fourth-order valence-corrected chi connectivity index (χ4v) is 4.96. The average molecular weight is 792 g/mol. The molecule has 0 saturated heterocycles. The summed E-state index contributed by atoms with van der Waals surface area (Å²) in [4.78, 5) is 20.6. The van der Waals surface area contributed by atoms with E-state index in [1.54, 1.807) is 0 Å². The molecule has 1 aromatic rings. The molecule has 0 aliphatic carbocycles. The molecule has 0 amide bonds. The number of nitrogens with zero attached hydrogens (tertiary/aromatic N) is 2. The molecule has 0 aromatic heterocycles. The zero-order valence-electron chi connectivity index (χ0n) is 33.3. The number of hydrogen-bond donors (Lipinski definition) is 1. The number of nitrogens with one attached hydrogen (secondary N) is 1. The van der Waals surface area contributed by atoms with Crippen LogP contribution in [0.15, 0.2) is 18.2 Å². The van der Waals surface area contributed by atoms with Gasteiger partial charge in [-0.05, 0) is 12.5 Å². The molecule has 0 fully saturated rings. The largest absolute Gasteiger partial charge is 0.379 e. The maximum atomic E-state index is 11.2. The van der Waals surface area contributed by atoms with Gasteiger partial charge in [-0.1, -0.05) is 64.7 Å². The van der Waals surface area contributed by atoms with E-state index in [2.05, 4.69) is 12.2 Å². The van der Waals surface area contributed by atoms with Gasteiger partial charge in [-0.2, -0.15) is 0 Å². The predicted octanol–water partition coefficient (Wildman–Crippen LogP) is 6.00. The first-order valence-corrected chi connectivity index (χ1v) is 20.0. The van der Waals surface area contributed by atoms with Gasteiger partial charge < -0.3 is 52.7 Å². The van der Waals surface area contributed by atoms with E-state index in [1.807, 2.05) is 0 Å². The van der Waals surface area contributed by atoms with Crippen LogP contribution in [-0.4, -0.2) is 149 Å². The van der Waals surface area contributed by atoms with Crippen molar-refractivity contribution in [3.63, 3.8) is 0 Å². The van der Waals surface area contributed by atoms with Crippen LogP contribution < -0.4 is 5.32 Å². The molecule has 0 saturated carbocycles. The minimum absolute atomic E-state index is 0.188. The lowest BCUT2D eigenvalue weighted by molar-refractivity contribution is -0.393. The molecule has 0 bridgehead atoms. The molecule has 0 heterocycles. The molecule has 0 unspecified atom stereocenters. The highest BCUT2D eigenvalue weighted by atomic mass is 16.6. The van der Waals surface area contributed by atoms with E-state index in [1.165, 1.54) is 69.9 Å². The van der Waals surface area contributed by atoms with Gasteiger partial charge in [-0.15, -0.1) is 0 Å². The molecule has 1 rings (SSSR count). The van der Waals surface area contributed by atoms with Crippen molar-refractivity contribution in [2.45, 2.75) is 71.1 Å². The third-order valence-corrected chi connectivity index (χ3v) is 7.94. The van der Waals surface area contributed by atoms with Crippen LogP contribution in [0.2, 0.25) is 0 Å². The summed E-state index contributed by atoms with van der Waals surface area (Å²) in [6.45, 7) is 12.3. The van der Waals surface area contributed by atoms with Crippen molar-refractivity contribution < 1.29 is 57.2 Å². The summed E-state index contributed by atoms with van der Waals surface area (Å²) in [5, 5.41) is 24.8. The van der Waals surface area contributed by atoms with Crippen molar-refractivity contribution in [1.82, 2.24) is 0 Å². The Morgan fingerprint density at radius 2 is 0.764 bits per heavy atom. The van der Waals surface area contributed by atoms with E-state index in [-0.39, 0.29) is 23.7 Å². The van der Waals surface area contributed by atoms with Crippen LogP contribution in [0, 0.1) is 20.2 Å². The summed E-state index contributed by atoms with van der Waals surface area (Å²) in [6.07, 6.45) is 13.3. The first-order valence-electron chi connectivity index (χ1n) is 20.0. The van der Waals surface area contributed by atoms with Gasteiger partial charge in [0.1, 0.15) is 5.69 Å². The molecule has 0 radical (unpaired) electrons. The van der Waals surface area contributed by atoms with E-state index >= 15 is 0 Å². The highest BCUT2D eigenvalue weighted by Gasteiger charge is 2.19. The molecule has 1 N–H and O–H groups in total. The van der Waals surface area contributed by atoms with Gasteiger partial charge >= 0.3 is 0 Å². The highest BCUT2D eigenvalue weighted by molar-refractivity contribution is 5.65. The summed E-state index contributed by atoms with van der Waals surface area (Å²) in [5.74, 6) is 0. The lowest BCUT2D eigenvalue weighted by Crippen LogP contribution is -2.16. The number of non-ortho nitro benzene ring substituents is 1. The number of nitro benzene ring substituents is 2. The van der Waals surface area contributed by atoms with Crippen LogP contribution in [0.5, 0.6) is 0 Å². The van der Waals surface area contributed by atoms with Crippen LogP contribution in [0.25, 0.3) is 0 Å². The minimum atomic E-state index is -0.678. The Balaban J connectivity index is 1.69. The fourth-order valence-electron chi connectivity index (χ4n) is 4.96. The Bertz CT molecular complexity index is 1030. The molecule has 320 valence electrons. The van der Waals surface area contributed by atoms with Crippen LogP contribution in [-0.2, 0) is 47.4 Å². The lowest BCUT2D eigenvalue weighted by atomic mass is 10.1. The summed E-state index contributed by atoms with van der Waals surface area (Å²) < 4.78 is 55.0. The molecule has 55 heavy (non-hydrogen) atoms. The van der Waals surface area contributed by atoms with Crippen LogP contribution in [0.3, 0.4) is 0 Å². The normalized spacial score (nSPS) is 11.4. The summed E-state index contributed by atoms with van der Waals surface area (Å²) >= 11 is 0. The SMILES string of the molecule is CCCCCCCCCCCCOCCOCCOCCOCCOCCOCCOCCOCCOCCOCCNc1ccc([N+](=O)[O-])cc1[N+](=O)[O-]. The van der Waals surface area contributed by atoms with Crippen molar-refractivity contribution in [3.05, 3.63) is 38.4 Å². The zero-order valence-corrected chi connectivity index (χ0v) is 33.3. The van der Waals surface area contributed by atoms with Gasteiger partial charge in [0.15, 0.2) is 0 Å². The van der Waals surface area contributed by atoms with Gasteiger partial charge in [0, 0.05) is 19.2 Å². The Morgan fingerprint density at radius 1 is 0.436 bits per heavy atom. The maximum absolute atomic E-state index is 11.2. The Labute approximate surface area is 327 Å². The van der Waals surface area contributed by atoms with E-state index < -0.39 is 9.85 Å². The van der Waals surface area contributed by atoms with E-state index in [9.17, 15) is 20.2 Å². The fraction of sp³-hybridized carbons (Fsp3) is 0.842.